The van der Waals surface area contributed by atoms with E-state index in [0.717, 1.165) is 5.56 Å². The van der Waals surface area contributed by atoms with Gasteiger partial charge in [-0.2, -0.15) is 0 Å². The fourth-order valence-corrected chi connectivity index (χ4v) is 2.83. The molecule has 0 amide bonds. The van der Waals surface area contributed by atoms with E-state index >= 15 is 0 Å². The molecule has 0 saturated carbocycles. The average Bonchev–Trinajstić information content (AvgIpc) is 2.92. The Bertz CT molecular complexity index is 1200. The third-order valence-electron chi connectivity index (χ3n) is 4.28. The summed E-state index contributed by atoms with van der Waals surface area (Å²) in [5.74, 6) is 0.665. The summed E-state index contributed by atoms with van der Waals surface area (Å²) in [4.78, 5) is 11.5. The molecule has 2 N–H and O–H groups in total. The van der Waals surface area contributed by atoms with Crippen LogP contribution in [0.2, 0.25) is 0 Å². The van der Waals surface area contributed by atoms with E-state index in [1.165, 1.54) is 18.5 Å². The van der Waals surface area contributed by atoms with Crippen LogP contribution >= 0.6 is 0 Å². The fourth-order valence-electron chi connectivity index (χ4n) is 2.83. The SMILES string of the molecule is CC.COC.COc1cc2c(Oc3ccc(N)cc3F)ncnc2cc1OCc1ccccc1.[CH2]=[Pd]. The number of benzene rings is 3. The van der Waals surface area contributed by atoms with Crippen molar-refractivity contribution in [2.75, 3.05) is 27.1 Å². The number of anilines is 1. The van der Waals surface area contributed by atoms with E-state index < -0.39 is 5.82 Å². The first-order valence-corrected chi connectivity index (χ1v) is 12.0. The van der Waals surface area contributed by atoms with Gasteiger partial charge < -0.3 is 24.7 Å². The maximum absolute atomic E-state index is 14.1. The zero-order chi connectivity index (χ0) is 26.9. The van der Waals surface area contributed by atoms with E-state index in [1.54, 1.807) is 39.5 Å². The second-order valence-electron chi connectivity index (χ2n) is 6.67. The normalized spacial score (nSPS) is 9.44. The van der Waals surface area contributed by atoms with Crippen LogP contribution in [0, 0.1) is 5.82 Å². The molecule has 0 atom stereocenters. The Morgan fingerprint density at radius 3 is 2.17 bits per heavy atom. The van der Waals surface area contributed by atoms with Gasteiger partial charge >= 0.3 is 23.7 Å². The molecule has 36 heavy (non-hydrogen) atoms. The van der Waals surface area contributed by atoms with Gasteiger partial charge in [0.1, 0.15) is 12.9 Å². The van der Waals surface area contributed by atoms with Crippen molar-refractivity contribution >= 4 is 21.6 Å². The molecule has 0 aliphatic carbocycles. The average molecular weight is 588 g/mol. The molecule has 0 unspecified atom stereocenters. The fraction of sp³-hybridized carbons (Fsp3) is 0.222. The number of methoxy groups -OCH3 is 2. The van der Waals surface area contributed by atoms with Gasteiger partial charge in [-0.15, -0.1) is 0 Å². The molecule has 4 aromatic rings. The number of nitrogen functional groups attached to an aromatic ring is 1. The molecule has 0 aliphatic heterocycles. The van der Waals surface area contributed by atoms with Crippen molar-refractivity contribution in [3.63, 3.8) is 0 Å². The topological polar surface area (TPSA) is 88.7 Å². The van der Waals surface area contributed by atoms with E-state index in [0.29, 0.717) is 34.7 Å². The number of ether oxygens (including phenoxy) is 4. The zero-order valence-corrected chi connectivity index (χ0v) is 22.6. The second kappa shape index (κ2) is 17.1. The summed E-state index contributed by atoms with van der Waals surface area (Å²) in [7, 11) is 4.79. The molecule has 0 aliphatic rings. The van der Waals surface area contributed by atoms with Crippen molar-refractivity contribution in [2.45, 2.75) is 20.5 Å². The van der Waals surface area contributed by atoms with Gasteiger partial charge in [0.2, 0.25) is 5.88 Å². The first-order chi connectivity index (χ1) is 17.5. The number of halogens is 1. The molecule has 0 fully saturated rings. The summed E-state index contributed by atoms with van der Waals surface area (Å²) in [6.07, 6.45) is 1.35. The van der Waals surface area contributed by atoms with Crippen LogP contribution in [0.5, 0.6) is 23.1 Å². The van der Waals surface area contributed by atoms with Crippen molar-refractivity contribution in [1.82, 2.24) is 9.97 Å². The van der Waals surface area contributed by atoms with Gasteiger partial charge in [0.15, 0.2) is 23.1 Å². The summed E-state index contributed by atoms with van der Waals surface area (Å²) in [5, 5.41) is 0.563. The van der Waals surface area contributed by atoms with Crippen molar-refractivity contribution in [2.24, 2.45) is 0 Å². The Hall–Kier alpha value is -3.38. The van der Waals surface area contributed by atoms with Crippen LogP contribution in [0.1, 0.15) is 19.4 Å². The Labute approximate surface area is 222 Å². The Kier molecular flexibility index (Phi) is 14.6. The van der Waals surface area contributed by atoms with E-state index in [1.807, 2.05) is 44.2 Å². The predicted octanol–water partition coefficient (Wildman–Crippen LogP) is 5.99. The number of hydrogen-bond acceptors (Lipinski definition) is 7. The van der Waals surface area contributed by atoms with Gasteiger partial charge in [-0.1, -0.05) is 44.2 Å². The van der Waals surface area contributed by atoms with Crippen LogP contribution in [0.4, 0.5) is 10.1 Å². The molecule has 9 heteroatoms. The molecule has 0 radical (unpaired) electrons. The Morgan fingerprint density at radius 1 is 0.889 bits per heavy atom. The number of hydrogen-bond donors (Lipinski definition) is 1. The number of fused-ring (bicyclic) bond motifs is 1. The van der Waals surface area contributed by atoms with Crippen LogP contribution in [-0.4, -0.2) is 36.3 Å². The van der Waals surface area contributed by atoms with Crippen molar-refractivity contribution in [1.29, 1.82) is 0 Å². The van der Waals surface area contributed by atoms with Crippen molar-refractivity contribution < 1.29 is 42.1 Å². The summed E-state index contributed by atoms with van der Waals surface area (Å²) in [5.41, 5.74) is 7.50. The standard InChI is InChI=1S/C22H18FN3O3.C2H6O.C2H6.CH2.Pd/c1-27-20-10-16-18(11-21(20)28-12-14-5-3-2-4-6-14)25-13-26-22(16)29-19-8-7-15(24)9-17(19)23;1-3-2;1-2;;/h2-11,13H,12,24H2,1H3;1-2H3;1-2H3;1H2;. The van der Waals surface area contributed by atoms with Gasteiger partial charge in [0.05, 0.1) is 18.0 Å². The summed E-state index contributed by atoms with van der Waals surface area (Å²) in [6.45, 7) is 4.38. The van der Waals surface area contributed by atoms with Crippen molar-refractivity contribution in [3.05, 3.63) is 78.4 Å². The number of rotatable bonds is 6. The Morgan fingerprint density at radius 2 is 1.56 bits per heavy atom. The van der Waals surface area contributed by atoms with Crippen LogP contribution in [-0.2, 0) is 30.1 Å². The maximum atomic E-state index is 14.1. The first-order valence-electron chi connectivity index (χ1n) is 10.9. The van der Waals surface area contributed by atoms with Crippen LogP contribution < -0.4 is 19.9 Å². The Balaban J connectivity index is 0.000000844. The summed E-state index contributed by atoms with van der Waals surface area (Å²) < 4.78 is 35.4. The van der Waals surface area contributed by atoms with Gasteiger partial charge in [0.25, 0.3) is 0 Å². The molecular weight excluding hydrogens is 556 g/mol. The molecule has 0 spiro atoms. The molecular formula is C27H32FN3O4Pd. The molecule has 3 aromatic carbocycles. The molecule has 196 valence electrons. The molecule has 1 aromatic heterocycles. The molecule has 1 heterocycles. The number of nitrogens with two attached hydrogens (primary N) is 1. The minimum atomic E-state index is -0.577. The van der Waals surface area contributed by atoms with Crippen LogP contribution in [0.3, 0.4) is 0 Å². The van der Waals surface area contributed by atoms with E-state index in [4.69, 9.17) is 19.9 Å². The predicted molar refractivity (Wildman–Crippen MR) is 139 cm³/mol. The summed E-state index contributed by atoms with van der Waals surface area (Å²) >= 11 is 2.50. The van der Waals surface area contributed by atoms with Crippen molar-refractivity contribution in [3.8, 4) is 23.1 Å². The van der Waals surface area contributed by atoms with Gasteiger partial charge in [-0.3, -0.25) is 0 Å². The zero-order valence-electron chi connectivity index (χ0n) is 21.1. The number of nitrogens with zero attached hydrogens (tertiary/aromatic N) is 2. The molecule has 0 saturated heterocycles. The second-order valence-corrected chi connectivity index (χ2v) is 6.67. The summed E-state index contributed by atoms with van der Waals surface area (Å²) in [6, 6.07) is 17.4. The number of aromatic nitrogens is 2. The first kappa shape index (κ1) is 30.7. The third kappa shape index (κ3) is 9.01. The minimum absolute atomic E-state index is 0.0163. The quantitative estimate of drug-likeness (QED) is 0.219. The molecule has 0 bridgehead atoms. The van der Waals surface area contributed by atoms with E-state index in [2.05, 4.69) is 38.4 Å². The van der Waals surface area contributed by atoms with Gasteiger partial charge in [-0.05, 0) is 23.8 Å². The van der Waals surface area contributed by atoms with Gasteiger partial charge in [0, 0.05) is 32.0 Å². The van der Waals surface area contributed by atoms with Crippen LogP contribution in [0.15, 0.2) is 67.0 Å². The molecule has 4 rings (SSSR count). The van der Waals surface area contributed by atoms with Crippen LogP contribution in [0.25, 0.3) is 10.9 Å². The molecule has 7 nitrogen and oxygen atoms in total. The van der Waals surface area contributed by atoms with E-state index in [-0.39, 0.29) is 11.6 Å². The third-order valence-corrected chi connectivity index (χ3v) is 4.28. The van der Waals surface area contributed by atoms with Gasteiger partial charge in [-0.25, -0.2) is 14.4 Å². The van der Waals surface area contributed by atoms with E-state index in [9.17, 15) is 4.39 Å². The monoisotopic (exact) mass is 587 g/mol.